The first kappa shape index (κ1) is 19.8. The van der Waals surface area contributed by atoms with Crippen molar-refractivity contribution >= 4 is 27.0 Å². The number of fused-ring (bicyclic) bond motifs is 1. The molecule has 0 saturated heterocycles. The zero-order chi connectivity index (χ0) is 20.6. The van der Waals surface area contributed by atoms with Crippen molar-refractivity contribution in [2.75, 3.05) is 12.4 Å². The topological polar surface area (TPSA) is 144 Å². The summed E-state index contributed by atoms with van der Waals surface area (Å²) in [5, 5.41) is 26.6. The highest BCUT2D eigenvalue weighted by Crippen LogP contribution is 2.34. The van der Waals surface area contributed by atoms with Gasteiger partial charge in [0.25, 0.3) is 0 Å². The third-order valence-electron chi connectivity index (χ3n) is 5.08. The van der Waals surface area contributed by atoms with Crippen LogP contribution in [0.15, 0.2) is 29.0 Å². The van der Waals surface area contributed by atoms with Gasteiger partial charge >= 0.3 is 10.3 Å². The van der Waals surface area contributed by atoms with Crippen molar-refractivity contribution in [3.63, 3.8) is 0 Å². The molecule has 29 heavy (non-hydrogen) atoms. The molecule has 3 heterocycles. The Morgan fingerprint density at radius 1 is 1.41 bits per heavy atom. The third kappa shape index (κ3) is 4.10. The van der Waals surface area contributed by atoms with Crippen LogP contribution in [-0.4, -0.2) is 52.7 Å². The number of hydrogen-bond acceptors (Lipinski definition) is 9. The summed E-state index contributed by atoms with van der Waals surface area (Å²) < 4.78 is 37.2. The van der Waals surface area contributed by atoms with Crippen molar-refractivity contribution < 1.29 is 22.2 Å². The van der Waals surface area contributed by atoms with Gasteiger partial charge in [0.1, 0.15) is 11.5 Å². The number of nitrogens with one attached hydrogen (secondary N) is 2. The molecule has 3 N–H and O–H groups in total. The molecule has 0 spiro atoms. The van der Waals surface area contributed by atoms with Crippen LogP contribution < -0.4 is 10.0 Å². The van der Waals surface area contributed by atoms with E-state index in [4.69, 9.17) is 4.52 Å². The Labute approximate surface area is 167 Å². The summed E-state index contributed by atoms with van der Waals surface area (Å²) in [6, 6.07) is 3.04. The molecule has 1 saturated carbocycles. The van der Waals surface area contributed by atoms with Crippen molar-refractivity contribution in [1.29, 1.82) is 0 Å². The monoisotopic (exact) mass is 422 g/mol. The average molecular weight is 422 g/mol. The van der Waals surface area contributed by atoms with Gasteiger partial charge < -0.3 is 19.5 Å². The predicted molar refractivity (Wildman–Crippen MR) is 103 cm³/mol. The van der Waals surface area contributed by atoms with Crippen LogP contribution in [0.2, 0.25) is 0 Å². The second-order valence-corrected chi connectivity index (χ2v) is 8.51. The Bertz CT molecular complexity index is 1110. The molecule has 1 fully saturated rings. The molecular formula is C17H22N6O5S. The van der Waals surface area contributed by atoms with E-state index in [1.54, 1.807) is 6.20 Å². The van der Waals surface area contributed by atoms with Crippen LogP contribution in [-0.2, 0) is 21.0 Å². The van der Waals surface area contributed by atoms with Crippen LogP contribution in [0.4, 0.5) is 5.82 Å². The summed E-state index contributed by atoms with van der Waals surface area (Å²) in [4.78, 5) is 0. The number of rotatable bonds is 7. The van der Waals surface area contributed by atoms with Gasteiger partial charge in [0.15, 0.2) is 5.82 Å². The number of anilines is 1. The molecule has 0 unspecified atom stereocenters. The number of aromatic nitrogens is 4. The fourth-order valence-electron chi connectivity index (χ4n) is 3.69. The average Bonchev–Trinajstić information content (AvgIpc) is 3.39. The largest absolute Gasteiger partial charge is 0.391 e. The van der Waals surface area contributed by atoms with Crippen LogP contribution in [0.1, 0.15) is 30.3 Å². The zero-order valence-electron chi connectivity index (χ0n) is 15.9. The summed E-state index contributed by atoms with van der Waals surface area (Å²) >= 11 is 0. The van der Waals surface area contributed by atoms with Crippen molar-refractivity contribution in [2.45, 2.75) is 44.5 Å². The summed E-state index contributed by atoms with van der Waals surface area (Å²) in [6.45, 7) is 2.27. The third-order valence-corrected chi connectivity index (χ3v) is 6.11. The molecule has 0 radical (unpaired) electrons. The smallest absolute Gasteiger partial charge is 0.335 e. The van der Waals surface area contributed by atoms with Gasteiger partial charge in [-0.15, -0.1) is 5.10 Å². The Kier molecular flexibility index (Phi) is 5.25. The first-order valence-electron chi connectivity index (χ1n) is 9.10. The van der Waals surface area contributed by atoms with Gasteiger partial charge in [-0.3, -0.25) is 4.18 Å². The normalized spacial score (nSPS) is 22.4. The molecule has 12 heteroatoms. The second-order valence-electron chi connectivity index (χ2n) is 7.04. The fraction of sp³-hybridized carbons (Fsp3) is 0.471. The minimum absolute atomic E-state index is 0.0951. The number of nitrogens with zero attached hydrogens (tertiary/aromatic N) is 4. The van der Waals surface area contributed by atoms with Gasteiger partial charge in [0, 0.05) is 23.7 Å². The Morgan fingerprint density at radius 2 is 2.24 bits per heavy atom. The standard InChI is InChI=1S/C17H22N6O5S/c1-10-5-11(21-28-10)8-18-17-13-3-4-23(15(13)9-19-20-17)12-6-14(16(24)7-12)22-29(25,26)27-2/h3-5,9,12,14,16,22,24H,6-8H2,1-2H3,(H,18,20)/t12-,14+,16+/m1/s1. The highest BCUT2D eigenvalue weighted by molar-refractivity contribution is 7.84. The lowest BCUT2D eigenvalue weighted by molar-refractivity contribution is 0.154. The van der Waals surface area contributed by atoms with Crippen molar-refractivity contribution in [3.05, 3.63) is 36.0 Å². The Hall–Kier alpha value is -2.54. The molecule has 11 nitrogen and oxygen atoms in total. The maximum Gasteiger partial charge on any atom is 0.335 e. The number of hydrogen-bond donors (Lipinski definition) is 3. The molecule has 0 aromatic carbocycles. The van der Waals surface area contributed by atoms with Crippen LogP contribution in [0.3, 0.4) is 0 Å². The molecule has 1 aliphatic carbocycles. The molecule has 3 aromatic rings. The summed E-state index contributed by atoms with van der Waals surface area (Å²) in [5.74, 6) is 1.34. The van der Waals surface area contributed by atoms with E-state index < -0.39 is 22.4 Å². The summed E-state index contributed by atoms with van der Waals surface area (Å²) in [6.07, 6.45) is 3.56. The molecule has 1 aliphatic rings. The van der Waals surface area contributed by atoms with E-state index in [-0.39, 0.29) is 6.04 Å². The van der Waals surface area contributed by atoms with Crippen molar-refractivity contribution in [3.8, 4) is 0 Å². The zero-order valence-corrected chi connectivity index (χ0v) is 16.8. The lowest BCUT2D eigenvalue weighted by Gasteiger charge is -2.15. The van der Waals surface area contributed by atoms with Gasteiger partial charge in [0.2, 0.25) is 0 Å². The van der Waals surface area contributed by atoms with E-state index >= 15 is 0 Å². The van der Waals surface area contributed by atoms with E-state index in [9.17, 15) is 13.5 Å². The minimum atomic E-state index is -3.87. The SMILES string of the molecule is COS(=O)(=O)N[C@H]1C[C@@H](n2ccc3c(NCc4cc(C)on4)nncc32)C[C@@H]1O. The molecule has 4 rings (SSSR count). The maximum atomic E-state index is 11.7. The van der Waals surface area contributed by atoms with Crippen LogP contribution in [0.5, 0.6) is 0 Å². The first-order chi connectivity index (χ1) is 13.9. The van der Waals surface area contributed by atoms with E-state index in [0.717, 1.165) is 29.5 Å². The summed E-state index contributed by atoms with van der Waals surface area (Å²) in [7, 11) is -2.80. The molecule has 156 valence electrons. The fourth-order valence-corrected chi connectivity index (χ4v) is 4.41. The number of aliphatic hydroxyl groups is 1. The maximum absolute atomic E-state index is 11.7. The van der Waals surface area contributed by atoms with Crippen LogP contribution >= 0.6 is 0 Å². The van der Waals surface area contributed by atoms with Crippen LogP contribution in [0, 0.1) is 6.92 Å². The molecule has 3 atom stereocenters. The van der Waals surface area contributed by atoms with Gasteiger partial charge in [-0.25, -0.2) is 0 Å². The van der Waals surface area contributed by atoms with Crippen molar-refractivity contribution in [1.82, 2.24) is 24.6 Å². The minimum Gasteiger partial charge on any atom is -0.391 e. The van der Waals surface area contributed by atoms with E-state index in [1.807, 2.05) is 29.8 Å². The molecule has 0 amide bonds. The summed E-state index contributed by atoms with van der Waals surface area (Å²) in [5.41, 5.74) is 1.60. The van der Waals surface area contributed by atoms with E-state index in [1.165, 1.54) is 0 Å². The van der Waals surface area contributed by atoms with Gasteiger partial charge in [-0.05, 0) is 25.8 Å². The van der Waals surface area contributed by atoms with Gasteiger partial charge in [-0.2, -0.15) is 18.2 Å². The molecule has 0 bridgehead atoms. The first-order valence-corrected chi connectivity index (χ1v) is 10.5. The highest BCUT2D eigenvalue weighted by Gasteiger charge is 2.36. The Balaban J connectivity index is 1.53. The number of aliphatic hydroxyl groups excluding tert-OH is 1. The van der Waals surface area contributed by atoms with Crippen LogP contribution in [0.25, 0.3) is 10.9 Å². The van der Waals surface area contributed by atoms with E-state index in [2.05, 4.69) is 29.6 Å². The van der Waals surface area contributed by atoms with Gasteiger partial charge in [-0.1, -0.05) is 5.16 Å². The molecular weight excluding hydrogens is 400 g/mol. The molecule has 3 aromatic heterocycles. The lowest BCUT2D eigenvalue weighted by Crippen LogP contribution is -2.40. The quantitative estimate of drug-likeness (QED) is 0.505. The van der Waals surface area contributed by atoms with Gasteiger partial charge in [0.05, 0.1) is 37.5 Å². The Morgan fingerprint density at radius 3 is 2.97 bits per heavy atom. The second kappa shape index (κ2) is 7.71. The number of aryl methyl sites for hydroxylation is 1. The lowest BCUT2D eigenvalue weighted by atomic mass is 10.2. The predicted octanol–water partition coefficient (Wildman–Crippen LogP) is 0.885. The highest BCUT2D eigenvalue weighted by atomic mass is 32.2. The van der Waals surface area contributed by atoms with E-state index in [0.29, 0.717) is 25.2 Å². The van der Waals surface area contributed by atoms with Crippen molar-refractivity contribution in [2.24, 2.45) is 0 Å². The molecule has 0 aliphatic heterocycles.